The minimum absolute atomic E-state index is 0.225. The predicted octanol–water partition coefficient (Wildman–Crippen LogP) is 3.37. The van der Waals surface area contributed by atoms with Gasteiger partial charge in [0.05, 0.1) is 18.1 Å². The van der Waals surface area contributed by atoms with Gasteiger partial charge in [-0.1, -0.05) is 12.2 Å². The van der Waals surface area contributed by atoms with E-state index in [0.29, 0.717) is 24.3 Å². The van der Waals surface area contributed by atoms with Crippen molar-refractivity contribution < 1.29 is 23.2 Å². The number of imide groups is 1. The number of hydrogen-bond donors (Lipinski definition) is 0. The second kappa shape index (κ2) is 7.87. The SMILES string of the molecule is O=C1[C@H]2CC=CC[C@H]2C(=O)N1CN(C(=O)/C=C/c1ccco1)c1ccc(F)cc1. The monoisotopic (exact) mass is 394 g/mol. The maximum Gasteiger partial charge on any atom is 0.252 e. The lowest BCUT2D eigenvalue weighted by Gasteiger charge is -2.26. The molecular formula is C22H19FN2O4. The Bertz CT molecular complexity index is 953. The van der Waals surface area contributed by atoms with Gasteiger partial charge in [-0.3, -0.25) is 24.2 Å². The molecule has 1 saturated heterocycles. The van der Waals surface area contributed by atoms with Crippen LogP contribution >= 0.6 is 0 Å². The summed E-state index contributed by atoms with van der Waals surface area (Å²) >= 11 is 0. The molecule has 0 saturated carbocycles. The highest BCUT2D eigenvalue weighted by Crippen LogP contribution is 2.35. The first-order valence-corrected chi connectivity index (χ1v) is 9.33. The van der Waals surface area contributed by atoms with E-state index in [0.717, 1.165) is 4.90 Å². The maximum atomic E-state index is 13.4. The summed E-state index contributed by atoms with van der Waals surface area (Å²) in [7, 11) is 0. The van der Waals surface area contributed by atoms with E-state index in [9.17, 15) is 18.8 Å². The van der Waals surface area contributed by atoms with E-state index in [2.05, 4.69) is 0 Å². The van der Waals surface area contributed by atoms with Gasteiger partial charge in [-0.05, 0) is 55.3 Å². The summed E-state index contributed by atoms with van der Waals surface area (Å²) in [6.45, 7) is -0.225. The second-order valence-electron chi connectivity index (χ2n) is 6.99. The number of benzene rings is 1. The quantitative estimate of drug-likeness (QED) is 0.443. The summed E-state index contributed by atoms with van der Waals surface area (Å²) in [5, 5.41) is 0. The summed E-state index contributed by atoms with van der Waals surface area (Å²) in [6.07, 6.45) is 9.14. The van der Waals surface area contributed by atoms with Gasteiger partial charge < -0.3 is 4.42 Å². The third-order valence-corrected chi connectivity index (χ3v) is 5.22. The van der Waals surface area contributed by atoms with Gasteiger partial charge in [0.15, 0.2) is 0 Å². The Morgan fingerprint density at radius 3 is 2.34 bits per heavy atom. The number of carbonyl (C=O) groups excluding carboxylic acids is 3. The molecule has 1 aliphatic carbocycles. The summed E-state index contributed by atoms with van der Waals surface area (Å²) in [6, 6.07) is 8.71. The Labute approximate surface area is 166 Å². The smallest absolute Gasteiger partial charge is 0.252 e. The van der Waals surface area contributed by atoms with E-state index in [-0.39, 0.29) is 30.3 Å². The first-order chi connectivity index (χ1) is 14.0. The molecule has 7 heteroatoms. The fourth-order valence-corrected chi connectivity index (χ4v) is 3.68. The molecule has 2 atom stereocenters. The number of rotatable bonds is 5. The molecule has 148 valence electrons. The molecule has 1 aromatic carbocycles. The normalized spacial score (nSPS) is 21.1. The van der Waals surface area contributed by atoms with Crippen LogP contribution in [0.15, 0.2) is 65.3 Å². The topological polar surface area (TPSA) is 70.8 Å². The van der Waals surface area contributed by atoms with Crippen LogP contribution in [0.1, 0.15) is 18.6 Å². The van der Waals surface area contributed by atoms with Crippen molar-refractivity contribution in [3.8, 4) is 0 Å². The second-order valence-corrected chi connectivity index (χ2v) is 6.99. The lowest BCUT2D eigenvalue weighted by molar-refractivity contribution is -0.140. The molecule has 2 aliphatic rings. The molecule has 1 fully saturated rings. The number of hydrogen-bond acceptors (Lipinski definition) is 4. The number of halogens is 1. The van der Waals surface area contributed by atoms with E-state index < -0.39 is 11.7 Å². The van der Waals surface area contributed by atoms with Crippen molar-refractivity contribution in [2.75, 3.05) is 11.6 Å². The van der Waals surface area contributed by atoms with Crippen molar-refractivity contribution in [3.63, 3.8) is 0 Å². The number of likely N-dealkylation sites (tertiary alicyclic amines) is 1. The fraction of sp³-hybridized carbons (Fsp3) is 0.227. The van der Waals surface area contributed by atoms with Crippen molar-refractivity contribution >= 4 is 29.5 Å². The third-order valence-electron chi connectivity index (χ3n) is 5.22. The van der Waals surface area contributed by atoms with Crippen LogP contribution in [0.25, 0.3) is 6.08 Å². The first-order valence-electron chi connectivity index (χ1n) is 9.33. The van der Waals surface area contributed by atoms with Gasteiger partial charge in [-0.2, -0.15) is 0 Å². The zero-order chi connectivity index (χ0) is 20.4. The van der Waals surface area contributed by atoms with Crippen LogP contribution in [-0.2, 0) is 14.4 Å². The molecule has 1 aromatic heterocycles. The summed E-state index contributed by atoms with van der Waals surface area (Å²) in [5.74, 6) is -1.73. The fourth-order valence-electron chi connectivity index (χ4n) is 3.68. The van der Waals surface area contributed by atoms with Crippen molar-refractivity contribution in [2.24, 2.45) is 11.8 Å². The predicted molar refractivity (Wildman–Crippen MR) is 104 cm³/mol. The van der Waals surface area contributed by atoms with Crippen molar-refractivity contribution in [1.29, 1.82) is 0 Å². The Morgan fingerprint density at radius 2 is 1.76 bits per heavy atom. The maximum absolute atomic E-state index is 13.4. The van der Waals surface area contributed by atoms with Gasteiger partial charge in [0.25, 0.3) is 5.91 Å². The minimum Gasteiger partial charge on any atom is -0.465 e. The largest absolute Gasteiger partial charge is 0.465 e. The van der Waals surface area contributed by atoms with Gasteiger partial charge in [0.1, 0.15) is 18.2 Å². The van der Waals surface area contributed by atoms with Crippen LogP contribution in [0.3, 0.4) is 0 Å². The standard InChI is InChI=1S/C22H19FN2O4/c23-15-7-9-16(10-8-15)24(20(26)12-11-17-4-3-13-29-17)14-25-21(27)18-5-1-2-6-19(18)22(25)28/h1-4,7-13,18-19H,5-6,14H2/b12-11+/t18-,19+. The lowest BCUT2D eigenvalue weighted by Crippen LogP contribution is -2.44. The zero-order valence-corrected chi connectivity index (χ0v) is 15.5. The van der Waals surface area contributed by atoms with E-state index in [1.54, 1.807) is 12.1 Å². The molecule has 4 rings (SSSR count). The number of allylic oxidation sites excluding steroid dienone is 2. The van der Waals surface area contributed by atoms with Crippen LogP contribution in [0.2, 0.25) is 0 Å². The number of amides is 3. The number of nitrogens with zero attached hydrogens (tertiary/aromatic N) is 2. The van der Waals surface area contributed by atoms with Crippen LogP contribution in [-0.4, -0.2) is 29.3 Å². The molecule has 0 radical (unpaired) electrons. The highest BCUT2D eigenvalue weighted by Gasteiger charge is 2.47. The molecule has 29 heavy (non-hydrogen) atoms. The highest BCUT2D eigenvalue weighted by atomic mass is 19.1. The zero-order valence-electron chi connectivity index (χ0n) is 15.5. The van der Waals surface area contributed by atoms with Crippen LogP contribution in [0.5, 0.6) is 0 Å². The third kappa shape index (κ3) is 3.76. The number of fused-ring (bicyclic) bond motifs is 1. The molecular weight excluding hydrogens is 375 g/mol. The molecule has 0 bridgehead atoms. The van der Waals surface area contributed by atoms with E-state index in [1.807, 2.05) is 12.2 Å². The van der Waals surface area contributed by atoms with Crippen LogP contribution in [0.4, 0.5) is 10.1 Å². The van der Waals surface area contributed by atoms with Crippen molar-refractivity contribution in [3.05, 3.63) is 72.5 Å². The Hall–Kier alpha value is -3.48. The van der Waals surface area contributed by atoms with Gasteiger partial charge >= 0.3 is 0 Å². The summed E-state index contributed by atoms with van der Waals surface area (Å²) in [4.78, 5) is 40.8. The molecule has 2 heterocycles. The van der Waals surface area contributed by atoms with Gasteiger partial charge in [0, 0.05) is 11.8 Å². The first kappa shape index (κ1) is 18.9. The molecule has 0 spiro atoms. The average Bonchev–Trinajstić information content (AvgIpc) is 3.34. The lowest BCUT2D eigenvalue weighted by atomic mass is 9.85. The van der Waals surface area contributed by atoms with Crippen LogP contribution < -0.4 is 4.90 Å². The van der Waals surface area contributed by atoms with Crippen molar-refractivity contribution in [1.82, 2.24) is 4.90 Å². The molecule has 1 aliphatic heterocycles. The molecule has 6 nitrogen and oxygen atoms in total. The molecule has 3 amide bonds. The Balaban J connectivity index is 1.60. The molecule has 0 N–H and O–H groups in total. The van der Waals surface area contributed by atoms with Crippen LogP contribution in [0, 0.1) is 17.7 Å². The van der Waals surface area contributed by atoms with E-state index in [1.165, 1.54) is 47.6 Å². The number of furan rings is 1. The number of carbonyl (C=O) groups is 3. The minimum atomic E-state index is -0.457. The van der Waals surface area contributed by atoms with Gasteiger partial charge in [-0.15, -0.1) is 0 Å². The van der Waals surface area contributed by atoms with Gasteiger partial charge in [-0.25, -0.2) is 4.39 Å². The Kier molecular flexibility index (Phi) is 5.12. The molecule has 2 aromatic rings. The molecule has 0 unspecified atom stereocenters. The Morgan fingerprint density at radius 1 is 1.10 bits per heavy atom. The average molecular weight is 394 g/mol. The van der Waals surface area contributed by atoms with E-state index >= 15 is 0 Å². The summed E-state index contributed by atoms with van der Waals surface area (Å²) < 4.78 is 18.5. The van der Waals surface area contributed by atoms with E-state index in [4.69, 9.17) is 4.42 Å². The van der Waals surface area contributed by atoms with Crippen molar-refractivity contribution in [2.45, 2.75) is 12.8 Å². The van der Waals surface area contributed by atoms with Gasteiger partial charge in [0.2, 0.25) is 11.8 Å². The number of anilines is 1. The summed E-state index contributed by atoms with van der Waals surface area (Å²) in [5.41, 5.74) is 0.383. The highest BCUT2D eigenvalue weighted by molar-refractivity contribution is 6.08.